The van der Waals surface area contributed by atoms with Crippen molar-refractivity contribution >= 4 is 22.5 Å². The van der Waals surface area contributed by atoms with Crippen LogP contribution in [0.15, 0.2) is 18.2 Å². The van der Waals surface area contributed by atoms with Crippen molar-refractivity contribution in [3.05, 3.63) is 35.0 Å². The van der Waals surface area contributed by atoms with Crippen LogP contribution in [0, 0.1) is 5.82 Å². The topological polar surface area (TPSA) is 25.8 Å². The second-order valence-corrected chi connectivity index (χ2v) is 3.28. The Bertz CT molecular complexity index is 485. The number of rotatable bonds is 1. The molecule has 0 saturated carbocycles. The molecule has 0 atom stereocenters. The van der Waals surface area contributed by atoms with Gasteiger partial charge in [-0.25, -0.2) is 14.4 Å². The Morgan fingerprint density at radius 2 is 2.14 bits per heavy atom. The number of para-hydroxylation sites is 1. The van der Waals surface area contributed by atoms with Crippen LogP contribution < -0.4 is 0 Å². The minimum atomic E-state index is -0.360. The summed E-state index contributed by atoms with van der Waals surface area (Å²) in [5.74, 6) is 0.203. The van der Waals surface area contributed by atoms with Gasteiger partial charge in [-0.2, -0.15) is 0 Å². The van der Waals surface area contributed by atoms with E-state index in [1.165, 1.54) is 6.07 Å². The first kappa shape index (κ1) is 9.34. The molecule has 0 amide bonds. The first-order chi connectivity index (χ1) is 6.72. The van der Waals surface area contributed by atoms with Crippen molar-refractivity contribution in [1.29, 1.82) is 0 Å². The van der Waals surface area contributed by atoms with Crippen LogP contribution in [-0.2, 0) is 6.42 Å². The number of fused-ring (bicyclic) bond motifs is 1. The molecule has 1 heterocycles. The second kappa shape index (κ2) is 3.50. The Morgan fingerprint density at radius 3 is 2.86 bits per heavy atom. The normalized spacial score (nSPS) is 10.8. The lowest BCUT2D eigenvalue weighted by Crippen LogP contribution is -1.96. The lowest BCUT2D eigenvalue weighted by atomic mass is 10.2. The van der Waals surface area contributed by atoms with Gasteiger partial charge < -0.3 is 0 Å². The van der Waals surface area contributed by atoms with Crippen molar-refractivity contribution in [2.24, 2.45) is 0 Å². The van der Waals surface area contributed by atoms with Gasteiger partial charge in [0.15, 0.2) is 0 Å². The number of benzene rings is 1. The summed E-state index contributed by atoms with van der Waals surface area (Å²) >= 11 is 5.90. The van der Waals surface area contributed by atoms with Gasteiger partial charge >= 0.3 is 0 Å². The van der Waals surface area contributed by atoms with Crippen molar-refractivity contribution in [2.45, 2.75) is 13.3 Å². The highest BCUT2D eigenvalue weighted by Gasteiger charge is 2.07. The van der Waals surface area contributed by atoms with Gasteiger partial charge in [-0.05, 0) is 12.1 Å². The van der Waals surface area contributed by atoms with Crippen LogP contribution in [0.4, 0.5) is 4.39 Å². The van der Waals surface area contributed by atoms with E-state index in [9.17, 15) is 4.39 Å². The summed E-state index contributed by atoms with van der Waals surface area (Å²) in [6, 6.07) is 4.67. The molecule has 0 aliphatic rings. The van der Waals surface area contributed by atoms with Crippen molar-refractivity contribution in [3.8, 4) is 0 Å². The lowest BCUT2D eigenvalue weighted by molar-refractivity contribution is 0.635. The standard InChI is InChI=1S/C10H8ClFN2/c1-2-8-13-9-6(10(11)14-8)4-3-5-7(9)12/h3-5H,2H2,1H3. The van der Waals surface area contributed by atoms with Crippen LogP contribution in [0.5, 0.6) is 0 Å². The zero-order valence-electron chi connectivity index (χ0n) is 7.59. The fourth-order valence-corrected chi connectivity index (χ4v) is 1.53. The van der Waals surface area contributed by atoms with E-state index in [-0.39, 0.29) is 5.82 Å². The second-order valence-electron chi connectivity index (χ2n) is 2.92. The third-order valence-electron chi connectivity index (χ3n) is 1.99. The van der Waals surface area contributed by atoms with Gasteiger partial charge in [0.05, 0.1) is 0 Å². The van der Waals surface area contributed by atoms with Crippen LogP contribution in [0.2, 0.25) is 5.15 Å². The SMILES string of the molecule is CCc1nc(Cl)c2cccc(F)c2n1. The Hall–Kier alpha value is -1.22. The van der Waals surface area contributed by atoms with Crippen molar-refractivity contribution < 1.29 is 4.39 Å². The molecule has 1 aromatic heterocycles. The fraction of sp³-hybridized carbons (Fsp3) is 0.200. The highest BCUT2D eigenvalue weighted by molar-refractivity contribution is 6.34. The van der Waals surface area contributed by atoms with Crippen LogP contribution >= 0.6 is 11.6 Å². The van der Waals surface area contributed by atoms with Crippen LogP contribution in [0.25, 0.3) is 10.9 Å². The van der Waals surface area contributed by atoms with Gasteiger partial charge in [0.2, 0.25) is 0 Å². The van der Waals surface area contributed by atoms with Crippen molar-refractivity contribution in [1.82, 2.24) is 9.97 Å². The van der Waals surface area contributed by atoms with Gasteiger partial charge in [-0.15, -0.1) is 0 Å². The average molecular weight is 211 g/mol. The number of hydrogen-bond acceptors (Lipinski definition) is 2. The molecule has 2 aromatic rings. The molecule has 2 nitrogen and oxygen atoms in total. The summed E-state index contributed by atoms with van der Waals surface area (Å²) in [4.78, 5) is 8.13. The van der Waals surface area contributed by atoms with Gasteiger partial charge in [-0.1, -0.05) is 24.6 Å². The molecule has 0 unspecified atom stereocenters. The Kier molecular flexibility index (Phi) is 2.33. The van der Waals surface area contributed by atoms with E-state index >= 15 is 0 Å². The summed E-state index contributed by atoms with van der Waals surface area (Å²) in [5, 5.41) is 0.871. The molecule has 2 rings (SSSR count). The maximum absolute atomic E-state index is 13.3. The number of aromatic nitrogens is 2. The molecule has 0 bridgehead atoms. The maximum Gasteiger partial charge on any atom is 0.149 e. The molecule has 1 aromatic carbocycles. The summed E-state index contributed by atoms with van der Waals surface area (Å²) in [7, 11) is 0. The summed E-state index contributed by atoms with van der Waals surface area (Å²) < 4.78 is 13.3. The number of nitrogens with zero attached hydrogens (tertiary/aromatic N) is 2. The Labute approximate surface area is 85.8 Å². The number of aryl methyl sites for hydroxylation is 1. The van der Waals surface area contributed by atoms with E-state index < -0.39 is 0 Å². The third-order valence-corrected chi connectivity index (χ3v) is 2.28. The molecule has 0 radical (unpaired) electrons. The summed E-state index contributed by atoms with van der Waals surface area (Å²) in [5.41, 5.74) is 0.296. The van der Waals surface area contributed by atoms with E-state index in [1.54, 1.807) is 12.1 Å². The number of halogens is 2. The van der Waals surface area contributed by atoms with Gasteiger partial charge in [0.1, 0.15) is 22.3 Å². The Morgan fingerprint density at radius 1 is 1.36 bits per heavy atom. The largest absolute Gasteiger partial charge is 0.230 e. The highest BCUT2D eigenvalue weighted by Crippen LogP contribution is 2.22. The molecular weight excluding hydrogens is 203 g/mol. The molecule has 0 aliphatic heterocycles. The zero-order chi connectivity index (χ0) is 10.1. The van der Waals surface area contributed by atoms with Crippen LogP contribution in [0.3, 0.4) is 0 Å². The molecule has 0 saturated heterocycles. The summed E-state index contributed by atoms with van der Waals surface area (Å²) in [6.07, 6.45) is 0.643. The average Bonchev–Trinajstić information content (AvgIpc) is 2.19. The predicted molar refractivity (Wildman–Crippen MR) is 53.9 cm³/mol. The van der Waals surface area contributed by atoms with Crippen molar-refractivity contribution in [2.75, 3.05) is 0 Å². The third kappa shape index (κ3) is 1.44. The highest BCUT2D eigenvalue weighted by atomic mass is 35.5. The lowest BCUT2D eigenvalue weighted by Gasteiger charge is -2.02. The van der Waals surface area contributed by atoms with Gasteiger partial charge in [0.25, 0.3) is 0 Å². The minimum absolute atomic E-state index is 0.296. The predicted octanol–water partition coefficient (Wildman–Crippen LogP) is 2.98. The maximum atomic E-state index is 13.3. The first-order valence-electron chi connectivity index (χ1n) is 4.33. The van der Waals surface area contributed by atoms with E-state index in [4.69, 9.17) is 11.6 Å². The monoisotopic (exact) mass is 210 g/mol. The smallest absolute Gasteiger partial charge is 0.149 e. The molecule has 0 N–H and O–H groups in total. The quantitative estimate of drug-likeness (QED) is 0.677. The molecule has 4 heteroatoms. The van der Waals surface area contributed by atoms with E-state index in [2.05, 4.69) is 9.97 Å². The van der Waals surface area contributed by atoms with E-state index in [0.29, 0.717) is 28.3 Å². The molecule has 72 valence electrons. The van der Waals surface area contributed by atoms with Crippen LogP contribution in [-0.4, -0.2) is 9.97 Å². The Balaban J connectivity index is 2.83. The van der Waals surface area contributed by atoms with E-state index in [0.717, 1.165) is 0 Å². The molecule has 14 heavy (non-hydrogen) atoms. The van der Waals surface area contributed by atoms with Crippen LogP contribution in [0.1, 0.15) is 12.7 Å². The minimum Gasteiger partial charge on any atom is -0.230 e. The molecule has 0 spiro atoms. The molecule has 0 aliphatic carbocycles. The van der Waals surface area contributed by atoms with Crippen molar-refractivity contribution in [3.63, 3.8) is 0 Å². The molecular formula is C10H8ClFN2. The summed E-state index contributed by atoms with van der Waals surface area (Å²) in [6.45, 7) is 1.90. The zero-order valence-corrected chi connectivity index (χ0v) is 8.35. The van der Waals surface area contributed by atoms with Gasteiger partial charge in [0, 0.05) is 11.8 Å². The molecule has 0 fully saturated rings. The van der Waals surface area contributed by atoms with Gasteiger partial charge in [-0.3, -0.25) is 0 Å². The van der Waals surface area contributed by atoms with E-state index in [1.807, 2.05) is 6.92 Å². The number of hydrogen-bond donors (Lipinski definition) is 0. The fourth-order valence-electron chi connectivity index (χ4n) is 1.28. The first-order valence-corrected chi connectivity index (χ1v) is 4.71.